The SMILES string of the molecule is ClCC=CCSc1nnc2ccccn12. The van der Waals surface area contributed by atoms with Crippen molar-refractivity contribution in [3.63, 3.8) is 0 Å². The maximum atomic E-state index is 5.53. The first kappa shape index (κ1) is 10.5. The van der Waals surface area contributed by atoms with Gasteiger partial charge in [-0.2, -0.15) is 0 Å². The molecule has 0 aromatic carbocycles. The van der Waals surface area contributed by atoms with E-state index in [9.17, 15) is 0 Å². The number of pyridine rings is 1. The molecule has 15 heavy (non-hydrogen) atoms. The molecule has 0 spiro atoms. The van der Waals surface area contributed by atoms with E-state index in [1.54, 1.807) is 11.8 Å². The molecular weight excluding hydrogens is 230 g/mol. The molecule has 0 radical (unpaired) electrons. The summed E-state index contributed by atoms with van der Waals surface area (Å²) in [4.78, 5) is 0. The predicted octanol–water partition coefficient (Wildman–Crippen LogP) is 2.62. The van der Waals surface area contributed by atoms with Gasteiger partial charge in [0.25, 0.3) is 0 Å². The molecule has 2 rings (SSSR count). The van der Waals surface area contributed by atoms with Gasteiger partial charge in [-0.1, -0.05) is 30.0 Å². The zero-order valence-electron chi connectivity index (χ0n) is 8.01. The summed E-state index contributed by atoms with van der Waals surface area (Å²) >= 11 is 7.17. The summed E-state index contributed by atoms with van der Waals surface area (Å²) in [5.41, 5.74) is 0.876. The molecule has 0 unspecified atom stereocenters. The van der Waals surface area contributed by atoms with E-state index in [-0.39, 0.29) is 0 Å². The monoisotopic (exact) mass is 239 g/mol. The summed E-state index contributed by atoms with van der Waals surface area (Å²) in [7, 11) is 0. The molecule has 0 saturated heterocycles. The average Bonchev–Trinajstić information content (AvgIpc) is 2.68. The number of alkyl halides is 1. The number of aromatic nitrogens is 3. The molecule has 0 N–H and O–H groups in total. The highest BCUT2D eigenvalue weighted by Crippen LogP contribution is 2.16. The Hall–Kier alpha value is -1.00. The number of thioether (sulfide) groups is 1. The fourth-order valence-corrected chi connectivity index (χ4v) is 2.07. The minimum absolute atomic E-state index is 0.557. The minimum Gasteiger partial charge on any atom is -0.277 e. The first-order valence-corrected chi connectivity index (χ1v) is 6.07. The second-order valence-electron chi connectivity index (χ2n) is 2.85. The van der Waals surface area contributed by atoms with Gasteiger partial charge in [0.05, 0.1) is 0 Å². The zero-order chi connectivity index (χ0) is 10.5. The van der Waals surface area contributed by atoms with Crippen molar-refractivity contribution in [3.8, 4) is 0 Å². The van der Waals surface area contributed by atoms with Crippen molar-refractivity contribution in [2.75, 3.05) is 11.6 Å². The number of halogens is 1. The third-order valence-electron chi connectivity index (χ3n) is 1.85. The number of allylic oxidation sites excluding steroid dienone is 1. The lowest BCUT2D eigenvalue weighted by Crippen LogP contribution is -1.86. The maximum absolute atomic E-state index is 5.53. The number of rotatable bonds is 4. The Labute approximate surface area is 97.2 Å². The Morgan fingerprint density at radius 2 is 2.27 bits per heavy atom. The van der Waals surface area contributed by atoms with E-state index in [2.05, 4.69) is 10.2 Å². The average molecular weight is 240 g/mol. The van der Waals surface area contributed by atoms with Crippen molar-refractivity contribution < 1.29 is 0 Å². The topological polar surface area (TPSA) is 30.2 Å². The highest BCUT2D eigenvalue weighted by molar-refractivity contribution is 7.99. The van der Waals surface area contributed by atoms with Gasteiger partial charge < -0.3 is 0 Å². The van der Waals surface area contributed by atoms with Crippen LogP contribution in [0, 0.1) is 0 Å². The molecule has 0 saturated carbocycles. The Morgan fingerprint density at radius 3 is 3.13 bits per heavy atom. The zero-order valence-corrected chi connectivity index (χ0v) is 9.58. The van der Waals surface area contributed by atoms with Gasteiger partial charge in [-0.15, -0.1) is 21.8 Å². The minimum atomic E-state index is 0.557. The highest BCUT2D eigenvalue weighted by atomic mass is 35.5. The molecule has 2 aromatic heterocycles. The Bertz CT molecular complexity index is 466. The highest BCUT2D eigenvalue weighted by Gasteiger charge is 2.02. The molecule has 0 amide bonds. The molecule has 78 valence electrons. The summed E-state index contributed by atoms with van der Waals surface area (Å²) in [5.74, 6) is 1.42. The van der Waals surface area contributed by atoms with Crippen molar-refractivity contribution in [1.29, 1.82) is 0 Å². The fraction of sp³-hybridized carbons (Fsp3) is 0.200. The van der Waals surface area contributed by atoms with Crippen LogP contribution in [0.4, 0.5) is 0 Å². The van der Waals surface area contributed by atoms with Crippen molar-refractivity contribution in [1.82, 2.24) is 14.6 Å². The van der Waals surface area contributed by atoms with Crippen LogP contribution in [0.25, 0.3) is 5.65 Å². The Kier molecular flexibility index (Phi) is 3.64. The molecule has 5 heteroatoms. The van der Waals surface area contributed by atoms with Crippen LogP contribution in [-0.4, -0.2) is 26.2 Å². The van der Waals surface area contributed by atoms with E-state index >= 15 is 0 Å². The first-order chi connectivity index (χ1) is 7.42. The van der Waals surface area contributed by atoms with Crippen LogP contribution in [0.3, 0.4) is 0 Å². The van der Waals surface area contributed by atoms with E-state index in [1.165, 1.54) is 0 Å². The van der Waals surface area contributed by atoms with Crippen LogP contribution < -0.4 is 0 Å². The van der Waals surface area contributed by atoms with Crippen molar-refractivity contribution >= 4 is 29.0 Å². The molecular formula is C10H10ClN3S. The van der Waals surface area contributed by atoms with Crippen molar-refractivity contribution in [2.45, 2.75) is 5.16 Å². The first-order valence-electron chi connectivity index (χ1n) is 4.55. The smallest absolute Gasteiger partial charge is 0.195 e. The quantitative estimate of drug-likeness (QED) is 0.467. The molecule has 0 bridgehead atoms. The molecule has 3 nitrogen and oxygen atoms in total. The molecule has 0 atom stereocenters. The lowest BCUT2D eigenvalue weighted by Gasteiger charge is -1.95. The number of hydrogen-bond donors (Lipinski definition) is 0. The van der Waals surface area contributed by atoms with Crippen LogP contribution in [0.1, 0.15) is 0 Å². The Balaban J connectivity index is 2.11. The van der Waals surface area contributed by atoms with Crippen LogP contribution in [0.15, 0.2) is 41.7 Å². The lowest BCUT2D eigenvalue weighted by molar-refractivity contribution is 0.923. The summed E-state index contributed by atoms with van der Waals surface area (Å²) in [5, 5.41) is 9.07. The molecule has 2 heterocycles. The number of nitrogens with zero attached hydrogens (tertiary/aromatic N) is 3. The van der Waals surface area contributed by atoms with Gasteiger partial charge in [-0.25, -0.2) is 0 Å². The maximum Gasteiger partial charge on any atom is 0.195 e. The van der Waals surface area contributed by atoms with E-state index < -0.39 is 0 Å². The van der Waals surface area contributed by atoms with Crippen LogP contribution >= 0.6 is 23.4 Å². The van der Waals surface area contributed by atoms with E-state index in [0.717, 1.165) is 16.6 Å². The third kappa shape index (κ3) is 2.52. The number of hydrogen-bond acceptors (Lipinski definition) is 3. The van der Waals surface area contributed by atoms with Gasteiger partial charge in [0.1, 0.15) is 0 Å². The van der Waals surface area contributed by atoms with Gasteiger partial charge in [0, 0.05) is 17.8 Å². The van der Waals surface area contributed by atoms with Crippen LogP contribution in [-0.2, 0) is 0 Å². The lowest BCUT2D eigenvalue weighted by atomic mass is 10.5. The summed E-state index contributed by atoms with van der Waals surface area (Å²) in [6, 6.07) is 5.85. The van der Waals surface area contributed by atoms with Gasteiger partial charge in [0.15, 0.2) is 10.8 Å². The molecule has 0 aliphatic carbocycles. The predicted molar refractivity (Wildman–Crippen MR) is 63.6 cm³/mol. The standard InChI is InChI=1S/C10H10ClN3S/c11-6-2-4-8-15-10-13-12-9-5-1-3-7-14(9)10/h1-5,7H,6,8H2. The van der Waals surface area contributed by atoms with Crippen LogP contribution in [0.5, 0.6) is 0 Å². The second-order valence-corrected chi connectivity index (χ2v) is 4.14. The molecule has 0 fully saturated rings. The van der Waals surface area contributed by atoms with Crippen molar-refractivity contribution in [3.05, 3.63) is 36.5 Å². The summed E-state index contributed by atoms with van der Waals surface area (Å²) in [6.45, 7) is 0. The molecule has 0 aliphatic heterocycles. The van der Waals surface area contributed by atoms with Crippen molar-refractivity contribution in [2.24, 2.45) is 0 Å². The van der Waals surface area contributed by atoms with Gasteiger partial charge in [-0.05, 0) is 12.1 Å². The van der Waals surface area contributed by atoms with E-state index in [1.807, 2.05) is 40.9 Å². The van der Waals surface area contributed by atoms with Gasteiger partial charge >= 0.3 is 0 Å². The van der Waals surface area contributed by atoms with Gasteiger partial charge in [-0.3, -0.25) is 4.40 Å². The van der Waals surface area contributed by atoms with E-state index in [0.29, 0.717) is 5.88 Å². The largest absolute Gasteiger partial charge is 0.277 e. The summed E-state index contributed by atoms with van der Waals surface area (Å²) in [6.07, 6.45) is 5.92. The third-order valence-corrected chi connectivity index (χ3v) is 2.92. The molecule has 2 aromatic rings. The van der Waals surface area contributed by atoms with Crippen LogP contribution in [0.2, 0.25) is 0 Å². The van der Waals surface area contributed by atoms with E-state index in [4.69, 9.17) is 11.6 Å². The normalized spacial score (nSPS) is 11.5. The number of fused-ring (bicyclic) bond motifs is 1. The Morgan fingerprint density at radius 1 is 1.33 bits per heavy atom. The molecule has 0 aliphatic rings. The fourth-order valence-electron chi connectivity index (χ4n) is 1.17. The summed E-state index contributed by atoms with van der Waals surface area (Å²) < 4.78 is 1.97. The van der Waals surface area contributed by atoms with Gasteiger partial charge in [0.2, 0.25) is 0 Å². The second kappa shape index (κ2) is 5.19.